The number of ketones is 1. The first-order valence-electron chi connectivity index (χ1n) is 6.94. The number of rotatable bonds is 3. The standard InChI is InChI=1S/C17H24O4/c1-11(13(3)15(19)21-6)7-8-17(20)12(2)9-14(18)10-16(17,4)5/h7-9,20H,10H2,1-6H3/b8-7+,13-11-/t17-/m1/s1. The third-order valence-electron chi connectivity index (χ3n) is 4.28. The van der Waals surface area contributed by atoms with Crippen molar-refractivity contribution < 1.29 is 19.4 Å². The Balaban J connectivity index is 3.21. The van der Waals surface area contributed by atoms with E-state index in [1.165, 1.54) is 13.2 Å². The number of ether oxygens (including phenoxy) is 1. The second-order valence-corrected chi connectivity index (χ2v) is 6.25. The first-order valence-corrected chi connectivity index (χ1v) is 6.94. The van der Waals surface area contributed by atoms with Crippen LogP contribution in [0.4, 0.5) is 0 Å². The molecule has 0 unspecified atom stereocenters. The van der Waals surface area contributed by atoms with Gasteiger partial charge >= 0.3 is 5.97 Å². The van der Waals surface area contributed by atoms with E-state index in [0.29, 0.717) is 11.1 Å². The van der Waals surface area contributed by atoms with Crippen LogP contribution in [0.5, 0.6) is 0 Å². The topological polar surface area (TPSA) is 63.6 Å². The van der Waals surface area contributed by atoms with Crippen molar-refractivity contribution in [1.82, 2.24) is 0 Å². The molecule has 1 aliphatic rings. The Morgan fingerprint density at radius 2 is 1.95 bits per heavy atom. The molecule has 1 N–H and O–H groups in total. The average molecular weight is 292 g/mol. The molecule has 21 heavy (non-hydrogen) atoms. The summed E-state index contributed by atoms with van der Waals surface area (Å²) in [5.74, 6) is -0.372. The molecule has 0 radical (unpaired) electrons. The zero-order chi connectivity index (χ0) is 16.4. The fraction of sp³-hybridized carbons (Fsp3) is 0.529. The lowest BCUT2D eigenvalue weighted by atomic mass is 9.64. The van der Waals surface area contributed by atoms with Crippen molar-refractivity contribution in [1.29, 1.82) is 0 Å². The molecule has 116 valence electrons. The van der Waals surface area contributed by atoms with Crippen molar-refractivity contribution in [2.24, 2.45) is 5.41 Å². The zero-order valence-electron chi connectivity index (χ0n) is 13.6. The van der Waals surface area contributed by atoms with Gasteiger partial charge in [0.1, 0.15) is 5.60 Å². The van der Waals surface area contributed by atoms with Crippen LogP contribution in [0, 0.1) is 5.41 Å². The van der Waals surface area contributed by atoms with E-state index in [4.69, 9.17) is 0 Å². The minimum absolute atomic E-state index is 0.0218. The second-order valence-electron chi connectivity index (χ2n) is 6.25. The number of aliphatic hydroxyl groups is 1. The summed E-state index contributed by atoms with van der Waals surface area (Å²) in [5, 5.41) is 11.0. The summed E-state index contributed by atoms with van der Waals surface area (Å²) in [6.45, 7) is 8.92. The highest BCUT2D eigenvalue weighted by Gasteiger charge is 2.46. The Morgan fingerprint density at radius 3 is 2.43 bits per heavy atom. The predicted molar refractivity (Wildman–Crippen MR) is 81.6 cm³/mol. The van der Waals surface area contributed by atoms with Gasteiger partial charge in [-0.2, -0.15) is 0 Å². The third-order valence-corrected chi connectivity index (χ3v) is 4.28. The van der Waals surface area contributed by atoms with Gasteiger partial charge in [-0.1, -0.05) is 19.9 Å². The van der Waals surface area contributed by atoms with Gasteiger partial charge < -0.3 is 9.84 Å². The highest BCUT2D eigenvalue weighted by Crippen LogP contribution is 2.44. The van der Waals surface area contributed by atoms with E-state index in [-0.39, 0.29) is 12.2 Å². The number of carbonyl (C=O) groups is 2. The van der Waals surface area contributed by atoms with E-state index in [2.05, 4.69) is 4.74 Å². The van der Waals surface area contributed by atoms with Gasteiger partial charge in [-0.3, -0.25) is 4.79 Å². The molecule has 1 rings (SSSR count). The van der Waals surface area contributed by atoms with Gasteiger partial charge in [0.05, 0.1) is 7.11 Å². The molecule has 0 aromatic heterocycles. The van der Waals surface area contributed by atoms with Crippen molar-refractivity contribution >= 4 is 11.8 Å². The molecule has 0 bridgehead atoms. The fourth-order valence-electron chi connectivity index (χ4n) is 2.55. The number of methoxy groups -OCH3 is 1. The van der Waals surface area contributed by atoms with E-state index < -0.39 is 17.0 Å². The van der Waals surface area contributed by atoms with Crippen molar-refractivity contribution in [2.45, 2.75) is 46.6 Å². The number of carbonyl (C=O) groups excluding carboxylic acids is 2. The number of allylic oxidation sites excluding steroid dienone is 3. The smallest absolute Gasteiger partial charge is 0.333 e. The maximum Gasteiger partial charge on any atom is 0.333 e. The predicted octanol–water partition coefficient (Wildman–Crippen LogP) is 2.73. The fourth-order valence-corrected chi connectivity index (χ4v) is 2.55. The summed E-state index contributed by atoms with van der Waals surface area (Å²) in [6, 6.07) is 0. The van der Waals surface area contributed by atoms with Crippen LogP contribution in [0.25, 0.3) is 0 Å². The van der Waals surface area contributed by atoms with E-state index in [9.17, 15) is 14.7 Å². The normalized spacial score (nSPS) is 26.4. The highest BCUT2D eigenvalue weighted by atomic mass is 16.5. The summed E-state index contributed by atoms with van der Waals surface area (Å²) in [6.07, 6.45) is 5.14. The maximum absolute atomic E-state index is 11.7. The molecule has 0 aromatic rings. The highest BCUT2D eigenvalue weighted by molar-refractivity contribution is 5.93. The Labute approximate surface area is 126 Å². The monoisotopic (exact) mass is 292 g/mol. The molecule has 0 heterocycles. The van der Waals surface area contributed by atoms with Crippen LogP contribution < -0.4 is 0 Å². The molecular formula is C17H24O4. The van der Waals surface area contributed by atoms with Crippen LogP contribution in [0.2, 0.25) is 0 Å². The van der Waals surface area contributed by atoms with Crippen molar-refractivity contribution in [3.63, 3.8) is 0 Å². The van der Waals surface area contributed by atoms with Gasteiger partial charge in [-0.25, -0.2) is 4.79 Å². The van der Waals surface area contributed by atoms with Gasteiger partial charge in [0, 0.05) is 17.4 Å². The van der Waals surface area contributed by atoms with Crippen LogP contribution >= 0.6 is 0 Å². The number of hydrogen-bond donors (Lipinski definition) is 1. The quantitative estimate of drug-likeness (QED) is 0.493. The van der Waals surface area contributed by atoms with Crippen LogP contribution in [0.15, 0.2) is 34.9 Å². The summed E-state index contributed by atoms with van der Waals surface area (Å²) in [4.78, 5) is 23.2. The molecule has 0 saturated heterocycles. The lowest BCUT2D eigenvalue weighted by molar-refractivity contribution is -0.136. The van der Waals surface area contributed by atoms with E-state index >= 15 is 0 Å². The molecule has 0 amide bonds. The molecule has 1 atom stereocenters. The maximum atomic E-state index is 11.7. The largest absolute Gasteiger partial charge is 0.466 e. The molecular weight excluding hydrogens is 268 g/mol. The van der Waals surface area contributed by atoms with Crippen LogP contribution in [-0.2, 0) is 14.3 Å². The molecule has 4 nitrogen and oxygen atoms in total. The minimum Gasteiger partial charge on any atom is -0.466 e. The third kappa shape index (κ3) is 3.32. The van der Waals surface area contributed by atoms with Gasteiger partial charge in [-0.05, 0) is 44.1 Å². The minimum atomic E-state index is -1.21. The molecule has 0 fully saturated rings. The van der Waals surface area contributed by atoms with Crippen LogP contribution in [0.3, 0.4) is 0 Å². The van der Waals surface area contributed by atoms with Crippen molar-refractivity contribution in [2.75, 3.05) is 7.11 Å². The molecule has 0 spiro atoms. The second kappa shape index (κ2) is 5.98. The van der Waals surface area contributed by atoms with Crippen LogP contribution in [0.1, 0.15) is 41.0 Å². The molecule has 0 saturated carbocycles. The van der Waals surface area contributed by atoms with Crippen molar-refractivity contribution in [3.05, 3.63) is 34.9 Å². The Kier molecular flexibility index (Phi) is 4.95. The van der Waals surface area contributed by atoms with Gasteiger partial charge in [0.2, 0.25) is 0 Å². The SMILES string of the molecule is COC(=O)/C(C)=C(C)\C=C\[C@@]1(O)C(C)=CC(=O)CC1(C)C. The number of esters is 1. The molecule has 0 aromatic carbocycles. The van der Waals surface area contributed by atoms with Gasteiger partial charge in [-0.15, -0.1) is 0 Å². The molecule has 4 heteroatoms. The Morgan fingerprint density at radius 1 is 1.38 bits per heavy atom. The zero-order valence-corrected chi connectivity index (χ0v) is 13.6. The van der Waals surface area contributed by atoms with Crippen molar-refractivity contribution in [3.8, 4) is 0 Å². The summed E-state index contributed by atoms with van der Waals surface area (Å²) in [7, 11) is 1.33. The summed E-state index contributed by atoms with van der Waals surface area (Å²) in [5.41, 5.74) is 0.0141. The summed E-state index contributed by atoms with van der Waals surface area (Å²) < 4.78 is 4.68. The number of hydrogen-bond acceptors (Lipinski definition) is 4. The van der Waals surface area contributed by atoms with E-state index in [1.807, 2.05) is 13.8 Å². The first-order chi connectivity index (χ1) is 9.55. The van der Waals surface area contributed by atoms with Gasteiger partial charge in [0.15, 0.2) is 5.78 Å². The van der Waals surface area contributed by atoms with Gasteiger partial charge in [0.25, 0.3) is 0 Å². The van der Waals surface area contributed by atoms with E-state index in [0.717, 1.165) is 5.57 Å². The Hall–Kier alpha value is -1.68. The molecule has 0 aliphatic heterocycles. The van der Waals surface area contributed by atoms with Crippen LogP contribution in [-0.4, -0.2) is 29.6 Å². The Bertz CT molecular complexity index is 549. The summed E-state index contributed by atoms with van der Waals surface area (Å²) >= 11 is 0. The molecule has 1 aliphatic carbocycles. The first kappa shape index (κ1) is 17.4. The lowest BCUT2D eigenvalue weighted by Crippen LogP contribution is -2.48. The van der Waals surface area contributed by atoms with E-state index in [1.54, 1.807) is 32.9 Å². The lowest BCUT2D eigenvalue weighted by Gasteiger charge is -2.44. The average Bonchev–Trinajstić information content (AvgIpc) is 2.39.